The van der Waals surface area contributed by atoms with Crippen molar-refractivity contribution in [1.29, 1.82) is 0 Å². The van der Waals surface area contributed by atoms with Gasteiger partial charge in [-0.05, 0) is 89.0 Å². The van der Waals surface area contributed by atoms with E-state index in [1.165, 1.54) is 18.2 Å². The van der Waals surface area contributed by atoms with Gasteiger partial charge in [0.25, 0.3) is 0 Å². The van der Waals surface area contributed by atoms with E-state index in [0.717, 1.165) is 22.3 Å². The van der Waals surface area contributed by atoms with Gasteiger partial charge >= 0.3 is 5.97 Å². The Kier molecular flexibility index (Phi) is 8.90. The minimum Gasteiger partial charge on any atom is -0.493 e. The molecule has 3 aliphatic rings. The first kappa shape index (κ1) is 33.8. The number of cyclic esters (lactones) is 1. The molecule has 13 heteroatoms. The van der Waals surface area contributed by atoms with Crippen molar-refractivity contribution in [3.05, 3.63) is 124 Å². The molecule has 0 radical (unpaired) electrons. The van der Waals surface area contributed by atoms with Crippen LogP contribution in [0, 0.1) is 17.7 Å². The lowest BCUT2D eigenvalue weighted by molar-refractivity contribution is -0.141. The minimum atomic E-state index is -0.577. The predicted octanol–water partition coefficient (Wildman–Crippen LogP) is 6.17. The van der Waals surface area contributed by atoms with Crippen LogP contribution in [0.5, 0.6) is 34.5 Å². The van der Waals surface area contributed by atoms with E-state index in [1.54, 1.807) is 74.7 Å². The van der Waals surface area contributed by atoms with Crippen LogP contribution in [0.1, 0.15) is 50.3 Å². The van der Waals surface area contributed by atoms with Crippen molar-refractivity contribution in [1.82, 2.24) is 15.0 Å². The number of allylic oxidation sites excluding steroid dienone is 1. The molecule has 0 unspecified atom stereocenters. The van der Waals surface area contributed by atoms with Crippen LogP contribution < -0.4 is 28.4 Å². The smallest absolute Gasteiger partial charge is 0.310 e. The number of esters is 1. The molecule has 53 heavy (non-hydrogen) atoms. The van der Waals surface area contributed by atoms with E-state index in [1.807, 2.05) is 24.3 Å². The molecule has 5 aromatic rings. The summed E-state index contributed by atoms with van der Waals surface area (Å²) in [5, 5.41) is 8.91. The molecular formula is C40H34FN3O9. The molecule has 3 heterocycles. The summed E-state index contributed by atoms with van der Waals surface area (Å²) >= 11 is 0. The zero-order valence-electron chi connectivity index (χ0n) is 29.0. The summed E-state index contributed by atoms with van der Waals surface area (Å²) in [6, 6.07) is 19.8. The maximum absolute atomic E-state index is 13.6. The lowest BCUT2D eigenvalue weighted by Gasteiger charge is -2.39. The second-order valence-electron chi connectivity index (χ2n) is 12.8. The average molecular weight is 720 g/mol. The first-order valence-electron chi connectivity index (χ1n) is 16.9. The Hall–Kier alpha value is -6.37. The molecule has 2 aliphatic heterocycles. The Bertz CT molecular complexity index is 2190. The number of benzene rings is 4. The predicted molar refractivity (Wildman–Crippen MR) is 187 cm³/mol. The summed E-state index contributed by atoms with van der Waals surface area (Å²) in [7, 11) is 4.65. The Balaban J connectivity index is 1.06. The summed E-state index contributed by atoms with van der Waals surface area (Å²) in [6.07, 6.45) is 4.88. The van der Waals surface area contributed by atoms with Crippen molar-refractivity contribution >= 4 is 17.8 Å². The highest BCUT2D eigenvalue weighted by Crippen LogP contribution is 2.56. The van der Waals surface area contributed by atoms with Gasteiger partial charge in [0.1, 0.15) is 23.9 Å². The van der Waals surface area contributed by atoms with Crippen LogP contribution in [0.4, 0.5) is 4.39 Å². The Morgan fingerprint density at radius 1 is 0.906 bits per heavy atom. The second-order valence-corrected chi connectivity index (χ2v) is 12.8. The number of ether oxygens (including phenoxy) is 7. The Labute approximate surface area is 303 Å². The van der Waals surface area contributed by atoms with Crippen LogP contribution in [0.2, 0.25) is 0 Å². The van der Waals surface area contributed by atoms with Gasteiger partial charge in [-0.15, -0.1) is 5.10 Å². The van der Waals surface area contributed by atoms with Gasteiger partial charge in [-0.1, -0.05) is 23.4 Å². The highest BCUT2D eigenvalue weighted by atomic mass is 19.1. The number of rotatable bonds is 11. The van der Waals surface area contributed by atoms with Gasteiger partial charge in [-0.25, -0.2) is 9.07 Å². The lowest BCUT2D eigenvalue weighted by Crippen LogP contribution is -2.37. The fourth-order valence-electron chi connectivity index (χ4n) is 7.38. The number of aromatic nitrogens is 3. The summed E-state index contributed by atoms with van der Waals surface area (Å²) < 4.78 is 55.2. The van der Waals surface area contributed by atoms with E-state index in [9.17, 15) is 14.0 Å². The van der Waals surface area contributed by atoms with Crippen molar-refractivity contribution in [3.8, 4) is 34.5 Å². The number of hydrogen-bond acceptors (Lipinski definition) is 11. The maximum atomic E-state index is 13.6. The van der Waals surface area contributed by atoms with Crippen LogP contribution >= 0.6 is 0 Å². The van der Waals surface area contributed by atoms with E-state index in [2.05, 4.69) is 10.3 Å². The first-order valence-corrected chi connectivity index (χ1v) is 16.9. The molecule has 0 N–H and O–H groups in total. The monoisotopic (exact) mass is 719 g/mol. The van der Waals surface area contributed by atoms with Crippen molar-refractivity contribution < 1.29 is 47.1 Å². The minimum absolute atomic E-state index is 0.0826. The summed E-state index contributed by atoms with van der Waals surface area (Å²) in [4.78, 5) is 26.3. The fraction of sp³-hybridized carbons (Fsp3) is 0.250. The zero-order valence-corrected chi connectivity index (χ0v) is 29.0. The zero-order chi connectivity index (χ0) is 36.6. The van der Waals surface area contributed by atoms with Crippen molar-refractivity contribution in [3.63, 3.8) is 0 Å². The highest BCUT2D eigenvalue weighted by Gasteiger charge is 2.53. The molecule has 0 amide bonds. The van der Waals surface area contributed by atoms with Gasteiger partial charge in [-0.2, -0.15) is 0 Å². The topological polar surface area (TPSA) is 129 Å². The number of methoxy groups -OCH3 is 3. The first-order chi connectivity index (χ1) is 25.8. The standard InChI is InChI=1S/C40H34FN3O9/c1-47-34-14-24(15-35(48-2)39(34)49-3)36-28-16-32-33(53-21-52-32)17-29(28)38(30-20-51-40(46)37(30)36)44-18-26(42-43-44)19-50-27-11-7-23(8-12-27)31(45)13-6-22-4-9-25(41)10-5-22/h4-18,30,36-38H,19-21H2,1-3H3/b13-6+/t30-,36+,37-,38+/m0/s1. The summed E-state index contributed by atoms with van der Waals surface area (Å²) in [6.45, 7) is 0.369. The van der Waals surface area contributed by atoms with Crippen LogP contribution in [0.15, 0.2) is 85.1 Å². The van der Waals surface area contributed by atoms with E-state index in [0.29, 0.717) is 45.8 Å². The van der Waals surface area contributed by atoms with Gasteiger partial charge in [0.05, 0.1) is 46.1 Å². The van der Waals surface area contributed by atoms with Gasteiger partial charge in [-0.3, -0.25) is 9.59 Å². The molecule has 8 rings (SSSR count). The molecule has 1 saturated heterocycles. The van der Waals surface area contributed by atoms with Crippen LogP contribution in [-0.2, 0) is 16.1 Å². The molecule has 0 bridgehead atoms. The van der Waals surface area contributed by atoms with E-state index < -0.39 is 17.9 Å². The van der Waals surface area contributed by atoms with E-state index in [-0.39, 0.29) is 43.5 Å². The van der Waals surface area contributed by atoms with Crippen LogP contribution in [0.25, 0.3) is 6.08 Å². The lowest BCUT2D eigenvalue weighted by atomic mass is 9.65. The molecular weight excluding hydrogens is 685 g/mol. The van der Waals surface area contributed by atoms with Gasteiger partial charge in [0.15, 0.2) is 28.8 Å². The Morgan fingerprint density at radius 3 is 2.28 bits per heavy atom. The highest BCUT2D eigenvalue weighted by molar-refractivity contribution is 6.06. The summed E-state index contributed by atoms with van der Waals surface area (Å²) in [5.74, 6) is 0.913. The normalized spacial score (nSPS) is 19.7. The largest absolute Gasteiger partial charge is 0.493 e. The molecule has 270 valence electrons. The number of ketones is 1. The van der Waals surface area contributed by atoms with Crippen molar-refractivity contribution in [2.24, 2.45) is 11.8 Å². The molecule has 1 aliphatic carbocycles. The third-order valence-corrected chi connectivity index (χ3v) is 9.86. The summed E-state index contributed by atoms with van der Waals surface area (Å²) in [5.41, 5.74) is 4.28. The second kappa shape index (κ2) is 14.0. The van der Waals surface area contributed by atoms with Crippen molar-refractivity contribution in [2.75, 3.05) is 34.7 Å². The number of nitrogens with zero attached hydrogens (tertiary/aromatic N) is 3. The molecule has 1 fully saturated rings. The van der Waals surface area contributed by atoms with Crippen molar-refractivity contribution in [2.45, 2.75) is 18.6 Å². The third-order valence-electron chi connectivity index (χ3n) is 9.86. The number of fused-ring (bicyclic) bond motifs is 3. The molecule has 12 nitrogen and oxygen atoms in total. The molecule has 0 saturated carbocycles. The van der Waals surface area contributed by atoms with Gasteiger partial charge < -0.3 is 33.2 Å². The number of hydrogen-bond donors (Lipinski definition) is 0. The third kappa shape index (κ3) is 6.28. The number of halogens is 1. The quantitative estimate of drug-likeness (QED) is 0.0883. The Morgan fingerprint density at radius 2 is 1.60 bits per heavy atom. The van der Waals surface area contributed by atoms with Gasteiger partial charge in [0.2, 0.25) is 12.5 Å². The average Bonchev–Trinajstić information content (AvgIpc) is 3.95. The fourth-order valence-corrected chi connectivity index (χ4v) is 7.38. The molecule has 1 aromatic heterocycles. The maximum Gasteiger partial charge on any atom is 0.310 e. The number of carbonyl (C=O) groups excluding carboxylic acids is 2. The molecule has 0 spiro atoms. The van der Waals surface area contributed by atoms with Crippen LogP contribution in [-0.4, -0.2) is 61.5 Å². The molecule has 4 atom stereocenters. The SMILES string of the molecule is COc1cc([C@@H]2c3cc4c(cc3[C@@H](n3cc(COc5ccc(C(=O)/C=C/c6ccc(F)cc6)cc5)nn3)[C@H]3COC(=O)[C@H]23)OCO4)cc(OC)c1OC. The number of carbonyl (C=O) groups is 2. The molecule has 4 aromatic carbocycles. The van der Waals surface area contributed by atoms with E-state index in [4.69, 9.17) is 33.2 Å². The van der Waals surface area contributed by atoms with Gasteiger partial charge in [0, 0.05) is 17.4 Å². The van der Waals surface area contributed by atoms with Crippen LogP contribution in [0.3, 0.4) is 0 Å². The van der Waals surface area contributed by atoms with E-state index >= 15 is 0 Å².